The Bertz CT molecular complexity index is 495. The Morgan fingerprint density at radius 1 is 0.900 bits per heavy atom. The molecule has 2 aromatic rings. The monoisotopic (exact) mass is 268 g/mol. The molecule has 2 aromatic carbocycles. The Morgan fingerprint density at radius 2 is 1.45 bits per heavy atom. The third kappa shape index (κ3) is 3.84. The topological polar surface area (TPSA) is 15.3 Å². The zero-order chi connectivity index (χ0) is 14.4. The molecule has 106 valence electrons. The molecule has 0 saturated heterocycles. The highest BCUT2D eigenvalue weighted by molar-refractivity contribution is 5.46. The lowest BCUT2D eigenvalue weighted by Gasteiger charge is -2.32. The van der Waals surface area contributed by atoms with Crippen LogP contribution in [-0.2, 0) is 6.54 Å². The van der Waals surface area contributed by atoms with E-state index < -0.39 is 0 Å². The summed E-state index contributed by atoms with van der Waals surface area (Å²) in [6, 6.07) is 21.9. The highest BCUT2D eigenvalue weighted by atomic mass is 15.2. The minimum atomic E-state index is 0.417. The molecule has 2 nitrogen and oxygen atoms in total. The van der Waals surface area contributed by atoms with E-state index >= 15 is 0 Å². The zero-order valence-corrected chi connectivity index (χ0v) is 12.6. The first-order valence-electron chi connectivity index (χ1n) is 7.23. The van der Waals surface area contributed by atoms with Crippen LogP contribution in [0.25, 0.3) is 0 Å². The van der Waals surface area contributed by atoms with Crippen LogP contribution in [0.15, 0.2) is 60.7 Å². The van der Waals surface area contributed by atoms with Gasteiger partial charge in [0.15, 0.2) is 0 Å². The summed E-state index contributed by atoms with van der Waals surface area (Å²) in [6.07, 6.45) is 0. The summed E-state index contributed by atoms with van der Waals surface area (Å²) < 4.78 is 0. The number of hydrogen-bond donors (Lipinski definition) is 1. The van der Waals surface area contributed by atoms with Gasteiger partial charge in [-0.2, -0.15) is 0 Å². The Hall–Kier alpha value is -1.80. The first kappa shape index (κ1) is 14.6. The van der Waals surface area contributed by atoms with Crippen molar-refractivity contribution >= 4 is 5.69 Å². The average molecular weight is 268 g/mol. The van der Waals surface area contributed by atoms with Crippen LogP contribution in [0.4, 0.5) is 5.69 Å². The number of nitrogens with zero attached hydrogens (tertiary/aromatic N) is 1. The van der Waals surface area contributed by atoms with Crippen molar-refractivity contribution in [3.8, 4) is 0 Å². The fraction of sp³-hybridized carbons (Fsp3) is 0.333. The fourth-order valence-electron chi connectivity index (χ4n) is 2.28. The maximum Gasteiger partial charge on any atom is 0.0409 e. The minimum absolute atomic E-state index is 0.417. The van der Waals surface area contributed by atoms with E-state index in [4.69, 9.17) is 0 Å². The molecule has 0 bridgehead atoms. The molecular weight excluding hydrogens is 244 g/mol. The molecular formula is C18H24N2. The molecule has 0 amide bonds. The number of para-hydroxylation sites is 1. The van der Waals surface area contributed by atoms with Crippen molar-refractivity contribution in [3.63, 3.8) is 0 Å². The number of anilines is 1. The van der Waals surface area contributed by atoms with Crippen molar-refractivity contribution in [1.82, 2.24) is 5.32 Å². The van der Waals surface area contributed by atoms with Gasteiger partial charge in [-0.1, -0.05) is 48.5 Å². The molecule has 1 N–H and O–H groups in total. The van der Waals surface area contributed by atoms with Gasteiger partial charge in [0.25, 0.3) is 0 Å². The Kier molecular flexibility index (Phi) is 5.19. The Morgan fingerprint density at radius 3 is 2.05 bits per heavy atom. The van der Waals surface area contributed by atoms with E-state index in [1.165, 1.54) is 11.3 Å². The molecule has 2 rings (SSSR count). The van der Waals surface area contributed by atoms with Crippen LogP contribution in [0.2, 0.25) is 0 Å². The van der Waals surface area contributed by atoms with Gasteiger partial charge >= 0.3 is 0 Å². The molecule has 0 aliphatic heterocycles. The molecule has 0 aliphatic rings. The SMILES string of the molecule is CC(NCc1ccccc1)C(C)N(C)c1ccccc1. The summed E-state index contributed by atoms with van der Waals surface area (Å²) in [6.45, 7) is 5.41. The molecule has 0 fully saturated rings. The molecule has 2 heteroatoms. The smallest absolute Gasteiger partial charge is 0.0409 e. The molecule has 0 aromatic heterocycles. The van der Waals surface area contributed by atoms with Crippen molar-refractivity contribution < 1.29 is 0 Å². The largest absolute Gasteiger partial charge is 0.370 e. The van der Waals surface area contributed by atoms with Crippen molar-refractivity contribution in [2.24, 2.45) is 0 Å². The average Bonchev–Trinajstić information content (AvgIpc) is 2.53. The third-order valence-corrected chi connectivity index (χ3v) is 3.97. The maximum atomic E-state index is 3.61. The molecule has 0 heterocycles. The molecule has 0 aliphatic carbocycles. The molecule has 0 saturated carbocycles. The second-order valence-electron chi connectivity index (χ2n) is 5.34. The molecule has 2 atom stereocenters. The second kappa shape index (κ2) is 7.11. The Balaban J connectivity index is 1.90. The quantitative estimate of drug-likeness (QED) is 0.859. The van der Waals surface area contributed by atoms with Crippen LogP contribution in [0, 0.1) is 0 Å². The van der Waals surface area contributed by atoms with Crippen LogP contribution >= 0.6 is 0 Å². The minimum Gasteiger partial charge on any atom is -0.370 e. The predicted molar refractivity (Wildman–Crippen MR) is 87.1 cm³/mol. The standard InChI is InChI=1S/C18H24N2/c1-15(19-14-17-10-6-4-7-11-17)16(2)20(3)18-12-8-5-9-13-18/h4-13,15-16,19H,14H2,1-3H3. The number of likely N-dealkylation sites (N-methyl/N-ethyl adjacent to an activating group) is 1. The van der Waals surface area contributed by atoms with Gasteiger partial charge in [0.2, 0.25) is 0 Å². The second-order valence-corrected chi connectivity index (χ2v) is 5.34. The zero-order valence-electron chi connectivity index (χ0n) is 12.6. The van der Waals surface area contributed by atoms with Crippen molar-refractivity contribution in [1.29, 1.82) is 0 Å². The lowest BCUT2D eigenvalue weighted by molar-refractivity contribution is 0.463. The van der Waals surface area contributed by atoms with E-state index in [-0.39, 0.29) is 0 Å². The summed E-state index contributed by atoms with van der Waals surface area (Å²) in [5, 5.41) is 3.61. The van der Waals surface area contributed by atoms with E-state index in [1.807, 2.05) is 0 Å². The van der Waals surface area contributed by atoms with Gasteiger partial charge in [0.1, 0.15) is 0 Å². The van der Waals surface area contributed by atoms with Gasteiger partial charge in [0, 0.05) is 31.4 Å². The normalized spacial score (nSPS) is 13.8. The van der Waals surface area contributed by atoms with Crippen LogP contribution in [0.1, 0.15) is 19.4 Å². The van der Waals surface area contributed by atoms with E-state index in [9.17, 15) is 0 Å². The van der Waals surface area contributed by atoms with Gasteiger partial charge in [-0.25, -0.2) is 0 Å². The molecule has 2 unspecified atom stereocenters. The summed E-state index contributed by atoms with van der Waals surface area (Å²) in [7, 11) is 2.15. The number of rotatable bonds is 6. The predicted octanol–water partition coefficient (Wildman–Crippen LogP) is 3.69. The van der Waals surface area contributed by atoms with Gasteiger partial charge in [-0.3, -0.25) is 0 Å². The first-order valence-corrected chi connectivity index (χ1v) is 7.23. The van der Waals surface area contributed by atoms with E-state index in [0.717, 1.165) is 6.54 Å². The van der Waals surface area contributed by atoms with E-state index in [1.54, 1.807) is 0 Å². The van der Waals surface area contributed by atoms with Crippen molar-refractivity contribution in [2.45, 2.75) is 32.5 Å². The number of hydrogen-bond acceptors (Lipinski definition) is 2. The Labute approximate surface area is 122 Å². The van der Waals surface area contributed by atoms with Crippen LogP contribution in [0.3, 0.4) is 0 Å². The summed E-state index contributed by atoms with van der Waals surface area (Å²) in [5.74, 6) is 0. The third-order valence-electron chi connectivity index (χ3n) is 3.97. The molecule has 0 spiro atoms. The molecule has 0 radical (unpaired) electrons. The van der Waals surface area contributed by atoms with Crippen LogP contribution in [0.5, 0.6) is 0 Å². The lowest BCUT2D eigenvalue weighted by Crippen LogP contribution is -2.45. The lowest BCUT2D eigenvalue weighted by atomic mass is 10.1. The van der Waals surface area contributed by atoms with Gasteiger partial charge in [0.05, 0.1) is 0 Å². The van der Waals surface area contributed by atoms with Crippen molar-refractivity contribution in [3.05, 3.63) is 66.2 Å². The summed E-state index contributed by atoms with van der Waals surface area (Å²) in [4.78, 5) is 2.32. The maximum absolute atomic E-state index is 3.61. The summed E-state index contributed by atoms with van der Waals surface area (Å²) >= 11 is 0. The van der Waals surface area contributed by atoms with E-state index in [0.29, 0.717) is 12.1 Å². The van der Waals surface area contributed by atoms with Gasteiger partial charge in [-0.15, -0.1) is 0 Å². The van der Waals surface area contributed by atoms with Crippen LogP contribution < -0.4 is 10.2 Å². The number of benzene rings is 2. The van der Waals surface area contributed by atoms with E-state index in [2.05, 4.69) is 91.8 Å². The van der Waals surface area contributed by atoms with Gasteiger partial charge < -0.3 is 10.2 Å². The number of nitrogens with one attached hydrogen (secondary N) is 1. The first-order chi connectivity index (χ1) is 9.68. The fourth-order valence-corrected chi connectivity index (χ4v) is 2.28. The van der Waals surface area contributed by atoms with Gasteiger partial charge in [-0.05, 0) is 31.5 Å². The highest BCUT2D eigenvalue weighted by Gasteiger charge is 2.16. The van der Waals surface area contributed by atoms with Crippen molar-refractivity contribution in [2.75, 3.05) is 11.9 Å². The van der Waals surface area contributed by atoms with Crippen LogP contribution in [-0.4, -0.2) is 19.1 Å². The molecule has 20 heavy (non-hydrogen) atoms. The highest BCUT2D eigenvalue weighted by Crippen LogP contribution is 2.16. The summed E-state index contributed by atoms with van der Waals surface area (Å²) in [5.41, 5.74) is 2.59.